The number of aromatic hydroxyl groups is 2. The quantitative estimate of drug-likeness (QED) is 0.619. The van der Waals surface area contributed by atoms with Gasteiger partial charge in [-0.3, -0.25) is 4.79 Å². The molecule has 0 saturated heterocycles. The molecule has 1 heterocycles. The summed E-state index contributed by atoms with van der Waals surface area (Å²) in [6.45, 7) is 1.47. The summed E-state index contributed by atoms with van der Waals surface area (Å²) >= 11 is 0. The van der Waals surface area contributed by atoms with Crippen LogP contribution in [0.4, 0.5) is 0 Å². The maximum atomic E-state index is 12.8. The zero-order valence-corrected chi connectivity index (χ0v) is 16.3. The van der Waals surface area contributed by atoms with E-state index in [1.54, 1.807) is 30.3 Å². The Hall–Kier alpha value is -3.80. The summed E-state index contributed by atoms with van der Waals surface area (Å²) < 4.78 is 11.5. The van der Waals surface area contributed by atoms with E-state index >= 15 is 0 Å². The van der Waals surface area contributed by atoms with Crippen LogP contribution in [0.2, 0.25) is 0 Å². The Labute approximate surface area is 173 Å². The van der Waals surface area contributed by atoms with Gasteiger partial charge in [-0.15, -0.1) is 0 Å². The first-order chi connectivity index (χ1) is 14.4. The smallest absolute Gasteiger partial charge is 0.338 e. The third kappa shape index (κ3) is 4.12. The second kappa shape index (κ2) is 7.91. The van der Waals surface area contributed by atoms with Gasteiger partial charge in [0, 0.05) is 30.5 Å². The van der Waals surface area contributed by atoms with E-state index in [0.717, 1.165) is 11.1 Å². The lowest BCUT2D eigenvalue weighted by Gasteiger charge is -2.14. The summed E-state index contributed by atoms with van der Waals surface area (Å²) in [5.41, 5.74) is 3.22. The topological polar surface area (TPSA) is 93.1 Å². The number of phenolic OH excluding ortho intramolecular Hbond substituents is 2. The minimum atomic E-state index is -0.486. The van der Waals surface area contributed by atoms with Gasteiger partial charge in [0.05, 0.1) is 5.56 Å². The predicted octanol–water partition coefficient (Wildman–Crippen LogP) is 4.28. The zero-order valence-electron chi connectivity index (χ0n) is 16.3. The molecule has 0 unspecified atom stereocenters. The molecule has 2 N–H and O–H groups in total. The number of benzene rings is 3. The average molecular weight is 404 g/mol. The van der Waals surface area contributed by atoms with Gasteiger partial charge in [0.25, 0.3) is 0 Å². The van der Waals surface area contributed by atoms with Crippen LogP contribution >= 0.6 is 0 Å². The second-order valence-corrected chi connectivity index (χ2v) is 7.31. The van der Waals surface area contributed by atoms with Crippen LogP contribution in [0.25, 0.3) is 0 Å². The molecular weight excluding hydrogens is 384 g/mol. The van der Waals surface area contributed by atoms with Gasteiger partial charge in [-0.2, -0.15) is 0 Å². The van der Waals surface area contributed by atoms with Crippen molar-refractivity contribution in [2.45, 2.75) is 26.4 Å². The maximum Gasteiger partial charge on any atom is 0.338 e. The van der Waals surface area contributed by atoms with Gasteiger partial charge >= 0.3 is 5.97 Å². The highest BCUT2D eigenvalue weighted by molar-refractivity contribution is 5.91. The zero-order chi connectivity index (χ0) is 21.3. The van der Waals surface area contributed by atoms with Crippen molar-refractivity contribution in [1.82, 2.24) is 0 Å². The van der Waals surface area contributed by atoms with Crippen LogP contribution in [0.3, 0.4) is 0 Å². The molecule has 6 heteroatoms. The van der Waals surface area contributed by atoms with Crippen LogP contribution in [0.15, 0.2) is 54.6 Å². The standard InChI is InChI=1S/C24H20O6/c1-14(25)8-15-2-7-21-18(9-15)10-16-3-5-19(26)11-22(16)30-23-12-20(27)6-4-17(23)13-29-24(21)28/h2-7,9,11-12,26-27H,8,10,13H2,1H3. The monoisotopic (exact) mass is 404 g/mol. The van der Waals surface area contributed by atoms with E-state index in [0.29, 0.717) is 34.6 Å². The molecule has 4 rings (SSSR count). The van der Waals surface area contributed by atoms with Crippen molar-refractivity contribution in [1.29, 1.82) is 0 Å². The molecule has 6 nitrogen and oxygen atoms in total. The van der Waals surface area contributed by atoms with Crippen molar-refractivity contribution in [2.24, 2.45) is 0 Å². The Balaban J connectivity index is 1.86. The molecule has 0 fully saturated rings. The van der Waals surface area contributed by atoms with E-state index in [1.807, 2.05) is 6.07 Å². The first-order valence-electron chi connectivity index (χ1n) is 9.49. The van der Waals surface area contributed by atoms with Crippen LogP contribution in [0.1, 0.15) is 39.5 Å². The van der Waals surface area contributed by atoms with Crippen LogP contribution in [-0.2, 0) is 29.0 Å². The fraction of sp³-hybridized carbons (Fsp3) is 0.167. The normalized spacial score (nSPS) is 13.0. The second-order valence-electron chi connectivity index (χ2n) is 7.31. The fourth-order valence-corrected chi connectivity index (χ4v) is 3.48. The average Bonchev–Trinajstić information content (AvgIpc) is 2.70. The minimum absolute atomic E-state index is 0.00816. The first kappa shape index (κ1) is 19.5. The molecule has 1 aliphatic rings. The molecule has 3 aromatic rings. The fourth-order valence-electron chi connectivity index (χ4n) is 3.48. The van der Waals surface area contributed by atoms with Crippen molar-refractivity contribution in [3.63, 3.8) is 0 Å². The van der Waals surface area contributed by atoms with Crippen molar-refractivity contribution < 1.29 is 29.3 Å². The molecule has 152 valence electrons. The highest BCUT2D eigenvalue weighted by atomic mass is 16.5. The highest BCUT2D eigenvalue weighted by Crippen LogP contribution is 2.35. The van der Waals surface area contributed by atoms with Gasteiger partial charge in [0.15, 0.2) is 0 Å². The van der Waals surface area contributed by atoms with Crippen LogP contribution in [-0.4, -0.2) is 22.0 Å². The first-order valence-corrected chi connectivity index (χ1v) is 9.49. The summed E-state index contributed by atoms with van der Waals surface area (Å²) in [5.74, 6) is 0.313. The van der Waals surface area contributed by atoms with Crippen molar-refractivity contribution in [3.05, 3.63) is 82.4 Å². The number of carbonyl (C=O) groups excluding carboxylic acids is 2. The lowest BCUT2D eigenvalue weighted by molar-refractivity contribution is -0.116. The number of ketones is 1. The van der Waals surface area contributed by atoms with E-state index < -0.39 is 5.97 Å². The van der Waals surface area contributed by atoms with Gasteiger partial charge < -0.3 is 19.7 Å². The number of esters is 1. The number of Topliss-reactive ketones (excluding diaryl/α,β-unsaturated/α-hetero) is 1. The van der Waals surface area contributed by atoms with Crippen molar-refractivity contribution in [2.75, 3.05) is 0 Å². The largest absolute Gasteiger partial charge is 0.508 e. The summed E-state index contributed by atoms with van der Waals surface area (Å²) in [6, 6.07) is 14.5. The number of hydrogen-bond donors (Lipinski definition) is 2. The Morgan fingerprint density at radius 1 is 0.900 bits per heavy atom. The SMILES string of the molecule is CC(=O)Cc1ccc2c(c1)Cc1ccc(O)cc1Oc1cc(O)ccc1COC2=O. The lowest BCUT2D eigenvalue weighted by atomic mass is 9.95. The molecule has 30 heavy (non-hydrogen) atoms. The van der Waals surface area contributed by atoms with E-state index in [4.69, 9.17) is 9.47 Å². The summed E-state index contributed by atoms with van der Waals surface area (Å²) in [6.07, 6.45) is 0.603. The Bertz CT molecular complexity index is 1150. The molecule has 0 saturated carbocycles. The minimum Gasteiger partial charge on any atom is -0.508 e. The summed E-state index contributed by atoms with van der Waals surface area (Å²) in [4.78, 5) is 24.3. The number of hydrogen-bond acceptors (Lipinski definition) is 6. The van der Waals surface area contributed by atoms with Crippen LogP contribution < -0.4 is 4.74 Å². The molecule has 0 aliphatic carbocycles. The van der Waals surface area contributed by atoms with Gasteiger partial charge in [-0.05, 0) is 47.9 Å². The number of fused-ring (bicyclic) bond motifs is 3. The molecule has 0 spiro atoms. The van der Waals surface area contributed by atoms with Gasteiger partial charge in [0.2, 0.25) is 0 Å². The maximum absolute atomic E-state index is 12.8. The molecule has 0 radical (unpaired) electrons. The Morgan fingerprint density at radius 2 is 1.57 bits per heavy atom. The van der Waals surface area contributed by atoms with Crippen molar-refractivity contribution in [3.8, 4) is 23.0 Å². The Kier molecular flexibility index (Phi) is 5.14. The van der Waals surface area contributed by atoms with E-state index in [1.165, 1.54) is 25.1 Å². The van der Waals surface area contributed by atoms with E-state index in [-0.39, 0.29) is 30.3 Å². The molecule has 0 aromatic heterocycles. The molecule has 0 atom stereocenters. The van der Waals surface area contributed by atoms with Gasteiger partial charge in [-0.25, -0.2) is 4.79 Å². The number of rotatable bonds is 2. The molecular formula is C24H20O6. The van der Waals surface area contributed by atoms with E-state index in [2.05, 4.69) is 0 Å². The van der Waals surface area contributed by atoms with Crippen molar-refractivity contribution >= 4 is 11.8 Å². The number of cyclic esters (lactones) is 1. The van der Waals surface area contributed by atoms with Crippen LogP contribution in [0.5, 0.6) is 23.0 Å². The van der Waals surface area contributed by atoms with Gasteiger partial charge in [0.1, 0.15) is 35.4 Å². The number of ether oxygens (including phenoxy) is 2. The summed E-state index contributed by atoms with van der Waals surface area (Å²) in [7, 11) is 0. The van der Waals surface area contributed by atoms with E-state index in [9.17, 15) is 19.8 Å². The molecule has 1 aliphatic heterocycles. The number of carbonyl (C=O) groups is 2. The third-order valence-electron chi connectivity index (χ3n) is 4.90. The predicted molar refractivity (Wildman–Crippen MR) is 109 cm³/mol. The number of phenols is 2. The molecule has 3 aromatic carbocycles. The molecule has 0 amide bonds. The Morgan fingerprint density at radius 3 is 2.27 bits per heavy atom. The summed E-state index contributed by atoms with van der Waals surface area (Å²) in [5, 5.41) is 19.8. The third-order valence-corrected chi connectivity index (χ3v) is 4.90. The molecule has 0 bridgehead atoms. The van der Waals surface area contributed by atoms with Gasteiger partial charge in [-0.1, -0.05) is 18.2 Å². The van der Waals surface area contributed by atoms with Crippen LogP contribution in [0, 0.1) is 0 Å². The highest BCUT2D eigenvalue weighted by Gasteiger charge is 2.20. The lowest BCUT2D eigenvalue weighted by Crippen LogP contribution is -2.10.